The minimum atomic E-state index is -3.49. The van der Waals surface area contributed by atoms with Crippen LogP contribution in [0.2, 0.25) is 0 Å². The van der Waals surface area contributed by atoms with Gasteiger partial charge in [0, 0.05) is 24.7 Å². The Labute approximate surface area is 161 Å². The van der Waals surface area contributed by atoms with E-state index in [2.05, 4.69) is 5.32 Å². The second kappa shape index (κ2) is 7.82. The Kier molecular flexibility index (Phi) is 5.67. The van der Waals surface area contributed by atoms with Gasteiger partial charge in [-0.05, 0) is 69.0 Å². The summed E-state index contributed by atoms with van der Waals surface area (Å²) >= 11 is 0. The third kappa shape index (κ3) is 4.39. The number of nitrogens with one attached hydrogen (secondary N) is 1. The third-order valence-corrected chi connectivity index (χ3v) is 7.11. The number of aryl methyl sites for hydroxylation is 3. The smallest absolute Gasteiger partial charge is 0.251 e. The molecule has 0 atom stereocenters. The molecule has 2 aromatic carbocycles. The van der Waals surface area contributed by atoms with E-state index in [1.165, 1.54) is 4.31 Å². The van der Waals surface area contributed by atoms with E-state index in [9.17, 15) is 13.2 Å². The zero-order chi connectivity index (χ0) is 19.6. The molecule has 1 N–H and O–H groups in total. The van der Waals surface area contributed by atoms with Crippen molar-refractivity contribution in [1.29, 1.82) is 0 Å². The SMILES string of the molecule is Cc1ccc(C(=O)NC2CCN(S(=O)(=O)c3ccc(C)c(C)c3)CC2)cc1. The normalized spacial score (nSPS) is 16.3. The Hall–Kier alpha value is -2.18. The van der Waals surface area contributed by atoms with Crippen LogP contribution in [0.4, 0.5) is 0 Å². The number of nitrogens with zero attached hydrogens (tertiary/aromatic N) is 1. The van der Waals surface area contributed by atoms with Gasteiger partial charge in [-0.15, -0.1) is 0 Å². The topological polar surface area (TPSA) is 66.5 Å². The van der Waals surface area contributed by atoms with Crippen LogP contribution in [0.5, 0.6) is 0 Å². The highest BCUT2D eigenvalue weighted by atomic mass is 32.2. The molecule has 0 bridgehead atoms. The average Bonchev–Trinajstić information content (AvgIpc) is 2.65. The molecule has 1 heterocycles. The summed E-state index contributed by atoms with van der Waals surface area (Å²) in [6.45, 7) is 6.69. The van der Waals surface area contributed by atoms with E-state index in [0.717, 1.165) is 16.7 Å². The Morgan fingerprint density at radius 1 is 0.963 bits per heavy atom. The molecule has 1 fully saturated rings. The summed E-state index contributed by atoms with van der Waals surface area (Å²) in [5.41, 5.74) is 3.78. The quantitative estimate of drug-likeness (QED) is 0.877. The predicted molar refractivity (Wildman–Crippen MR) is 106 cm³/mol. The van der Waals surface area contributed by atoms with Gasteiger partial charge >= 0.3 is 0 Å². The van der Waals surface area contributed by atoms with Gasteiger partial charge in [0.2, 0.25) is 10.0 Å². The van der Waals surface area contributed by atoms with Crippen molar-refractivity contribution in [3.05, 3.63) is 64.7 Å². The Morgan fingerprint density at radius 2 is 1.59 bits per heavy atom. The number of amides is 1. The summed E-state index contributed by atoms with van der Waals surface area (Å²) < 4.78 is 27.3. The first-order valence-corrected chi connectivity index (χ1v) is 10.7. The molecule has 1 aliphatic rings. The van der Waals surface area contributed by atoms with E-state index in [1.807, 2.05) is 51.1 Å². The molecule has 0 radical (unpaired) electrons. The predicted octanol–water partition coefficient (Wildman–Crippen LogP) is 3.19. The van der Waals surface area contributed by atoms with Gasteiger partial charge in [-0.3, -0.25) is 4.79 Å². The summed E-state index contributed by atoms with van der Waals surface area (Å²) in [7, 11) is -3.49. The van der Waals surface area contributed by atoms with Crippen LogP contribution in [0.25, 0.3) is 0 Å². The number of carbonyl (C=O) groups excluding carboxylic acids is 1. The maximum atomic E-state index is 12.9. The summed E-state index contributed by atoms with van der Waals surface area (Å²) in [5.74, 6) is -0.106. The van der Waals surface area contributed by atoms with Crippen LogP contribution in [0.3, 0.4) is 0 Å². The van der Waals surface area contributed by atoms with Crippen molar-refractivity contribution in [2.45, 2.75) is 44.6 Å². The van der Waals surface area contributed by atoms with Crippen molar-refractivity contribution in [2.75, 3.05) is 13.1 Å². The second-order valence-electron chi connectivity index (χ2n) is 7.26. The molecule has 0 saturated carbocycles. The van der Waals surface area contributed by atoms with E-state index in [0.29, 0.717) is 36.4 Å². The highest BCUT2D eigenvalue weighted by molar-refractivity contribution is 7.89. The number of piperidine rings is 1. The molecule has 0 spiro atoms. The Morgan fingerprint density at radius 3 is 2.19 bits per heavy atom. The van der Waals surface area contributed by atoms with Gasteiger partial charge in [0.1, 0.15) is 0 Å². The van der Waals surface area contributed by atoms with Gasteiger partial charge in [0.25, 0.3) is 5.91 Å². The zero-order valence-corrected chi connectivity index (χ0v) is 16.8. The fourth-order valence-electron chi connectivity index (χ4n) is 3.24. The monoisotopic (exact) mass is 386 g/mol. The highest BCUT2D eigenvalue weighted by Crippen LogP contribution is 2.23. The Bertz CT molecular complexity index is 928. The van der Waals surface area contributed by atoms with Crippen LogP contribution in [-0.2, 0) is 10.0 Å². The lowest BCUT2D eigenvalue weighted by Gasteiger charge is -2.31. The van der Waals surface area contributed by atoms with Crippen LogP contribution in [0, 0.1) is 20.8 Å². The van der Waals surface area contributed by atoms with Crippen molar-refractivity contribution in [1.82, 2.24) is 9.62 Å². The van der Waals surface area contributed by atoms with E-state index in [4.69, 9.17) is 0 Å². The zero-order valence-electron chi connectivity index (χ0n) is 16.0. The van der Waals surface area contributed by atoms with E-state index in [1.54, 1.807) is 12.1 Å². The van der Waals surface area contributed by atoms with Crippen molar-refractivity contribution in [3.8, 4) is 0 Å². The molecular weight excluding hydrogens is 360 g/mol. The van der Waals surface area contributed by atoms with Crippen LogP contribution in [0.15, 0.2) is 47.4 Å². The minimum absolute atomic E-state index is 0.00925. The molecule has 27 heavy (non-hydrogen) atoms. The highest BCUT2D eigenvalue weighted by Gasteiger charge is 2.30. The second-order valence-corrected chi connectivity index (χ2v) is 9.20. The molecular formula is C21H26N2O3S. The van der Waals surface area contributed by atoms with Crippen LogP contribution < -0.4 is 5.32 Å². The van der Waals surface area contributed by atoms with Crippen molar-refractivity contribution in [3.63, 3.8) is 0 Å². The summed E-state index contributed by atoms with van der Waals surface area (Å²) in [5, 5.41) is 3.02. The molecule has 1 saturated heterocycles. The fourth-order valence-corrected chi connectivity index (χ4v) is 4.79. The molecule has 0 aromatic heterocycles. The molecule has 3 rings (SSSR count). The number of hydrogen-bond acceptors (Lipinski definition) is 3. The Balaban J connectivity index is 1.61. The number of carbonyl (C=O) groups is 1. The minimum Gasteiger partial charge on any atom is -0.349 e. The lowest BCUT2D eigenvalue weighted by Crippen LogP contribution is -2.46. The van der Waals surface area contributed by atoms with Crippen LogP contribution >= 0.6 is 0 Å². The molecule has 1 amide bonds. The first-order valence-electron chi connectivity index (χ1n) is 9.22. The van der Waals surface area contributed by atoms with Gasteiger partial charge < -0.3 is 5.32 Å². The van der Waals surface area contributed by atoms with Crippen LogP contribution in [0.1, 0.15) is 39.9 Å². The lowest BCUT2D eigenvalue weighted by molar-refractivity contribution is 0.0924. The lowest BCUT2D eigenvalue weighted by atomic mass is 10.1. The van der Waals surface area contributed by atoms with Gasteiger partial charge in [-0.1, -0.05) is 23.8 Å². The molecule has 6 heteroatoms. The van der Waals surface area contributed by atoms with E-state index >= 15 is 0 Å². The molecule has 0 unspecified atom stereocenters. The van der Waals surface area contributed by atoms with Gasteiger partial charge in [-0.2, -0.15) is 4.31 Å². The molecule has 144 valence electrons. The molecule has 5 nitrogen and oxygen atoms in total. The molecule has 0 aliphatic carbocycles. The number of rotatable bonds is 4. The first kappa shape index (κ1) is 19.6. The average molecular weight is 387 g/mol. The van der Waals surface area contributed by atoms with Crippen molar-refractivity contribution in [2.24, 2.45) is 0 Å². The fraction of sp³-hybridized carbons (Fsp3) is 0.381. The maximum absolute atomic E-state index is 12.9. The van der Waals surface area contributed by atoms with E-state index in [-0.39, 0.29) is 11.9 Å². The summed E-state index contributed by atoms with van der Waals surface area (Å²) in [6.07, 6.45) is 1.23. The number of sulfonamides is 1. The van der Waals surface area contributed by atoms with E-state index < -0.39 is 10.0 Å². The maximum Gasteiger partial charge on any atom is 0.251 e. The van der Waals surface area contributed by atoms with Crippen LogP contribution in [-0.4, -0.2) is 37.8 Å². The largest absolute Gasteiger partial charge is 0.349 e. The summed E-state index contributed by atoms with van der Waals surface area (Å²) in [6, 6.07) is 12.7. The first-order chi connectivity index (χ1) is 12.8. The molecule has 2 aromatic rings. The number of hydrogen-bond donors (Lipinski definition) is 1. The summed E-state index contributed by atoms with van der Waals surface area (Å²) in [4.78, 5) is 12.7. The number of benzene rings is 2. The third-order valence-electron chi connectivity index (χ3n) is 5.22. The standard InChI is InChI=1S/C21H26N2O3S/c1-15-4-7-18(8-5-15)21(24)22-19-10-12-23(13-11-19)27(25,26)20-9-6-16(2)17(3)14-20/h4-9,14,19H,10-13H2,1-3H3,(H,22,24). The van der Waals surface area contributed by atoms with Crippen molar-refractivity contribution >= 4 is 15.9 Å². The van der Waals surface area contributed by atoms with Crippen molar-refractivity contribution < 1.29 is 13.2 Å². The molecule has 1 aliphatic heterocycles. The van der Waals surface area contributed by atoms with Gasteiger partial charge in [0.05, 0.1) is 4.90 Å². The van der Waals surface area contributed by atoms with Gasteiger partial charge in [0.15, 0.2) is 0 Å². The van der Waals surface area contributed by atoms with Gasteiger partial charge in [-0.25, -0.2) is 8.42 Å².